The summed E-state index contributed by atoms with van der Waals surface area (Å²) in [4.78, 5) is 1.86. The molecule has 0 spiro atoms. The van der Waals surface area contributed by atoms with E-state index >= 15 is 0 Å². The fourth-order valence-corrected chi connectivity index (χ4v) is 7.88. The molecular formula is C54H37N. The second-order valence-electron chi connectivity index (χ2n) is 13.8. The van der Waals surface area contributed by atoms with E-state index in [9.17, 15) is 5.48 Å². The van der Waals surface area contributed by atoms with Crippen LogP contribution in [0.2, 0.25) is 0 Å². The first-order chi connectivity index (χ1) is 29.0. The summed E-state index contributed by atoms with van der Waals surface area (Å²) in [5.74, 6) is 0. The predicted molar refractivity (Wildman–Crippen MR) is 235 cm³/mol. The highest BCUT2D eigenvalue weighted by atomic mass is 15.1. The Morgan fingerprint density at radius 3 is 1.47 bits per heavy atom. The predicted octanol–water partition coefficient (Wildman–Crippen LogP) is 15.3. The molecule has 0 radical (unpaired) electrons. The van der Waals surface area contributed by atoms with Crippen LogP contribution in [0.25, 0.3) is 76.8 Å². The van der Waals surface area contributed by atoms with Gasteiger partial charge in [0.15, 0.2) is 0 Å². The van der Waals surface area contributed by atoms with Gasteiger partial charge in [0.05, 0.1) is 5.48 Å². The molecule has 0 saturated carbocycles. The topological polar surface area (TPSA) is 3.24 Å². The average Bonchev–Trinajstić information content (AvgIpc) is 3.30. The fourth-order valence-electron chi connectivity index (χ4n) is 7.88. The third-order valence-electron chi connectivity index (χ3n) is 10.5. The van der Waals surface area contributed by atoms with Gasteiger partial charge in [-0.15, -0.1) is 0 Å². The van der Waals surface area contributed by atoms with Crippen molar-refractivity contribution in [2.24, 2.45) is 0 Å². The highest BCUT2D eigenvalue weighted by Crippen LogP contribution is 2.42. The maximum Gasteiger partial charge on any atom is 0.0645 e. The number of rotatable bonds is 7. The van der Waals surface area contributed by atoms with Crippen molar-refractivity contribution in [1.82, 2.24) is 0 Å². The zero-order valence-corrected chi connectivity index (χ0v) is 30.0. The first-order valence-electron chi connectivity index (χ1n) is 20.6. The van der Waals surface area contributed by atoms with E-state index in [4.69, 9.17) is 0 Å². The summed E-state index contributed by atoms with van der Waals surface area (Å²) >= 11 is 0. The molecule has 0 aromatic heterocycles. The van der Waals surface area contributed by atoms with Gasteiger partial charge in [-0.3, -0.25) is 0 Å². The summed E-state index contributed by atoms with van der Waals surface area (Å²) in [6, 6.07) is 67.7. The van der Waals surface area contributed by atoms with Gasteiger partial charge in [-0.1, -0.05) is 182 Å². The number of anilines is 3. The van der Waals surface area contributed by atoms with Crippen LogP contribution in [0.3, 0.4) is 0 Å². The third kappa shape index (κ3) is 6.02. The first kappa shape index (κ1) is 28.3. The molecule has 258 valence electrons. The quantitative estimate of drug-likeness (QED) is 0.149. The Bertz CT molecular complexity index is 3150. The Morgan fingerprint density at radius 2 is 0.800 bits per heavy atom. The van der Waals surface area contributed by atoms with Crippen LogP contribution in [-0.4, -0.2) is 0 Å². The average molecular weight is 704 g/mol. The largest absolute Gasteiger partial charge is 0.311 e. The van der Waals surface area contributed by atoms with Crippen molar-refractivity contribution in [2.45, 2.75) is 0 Å². The molecule has 0 fully saturated rings. The Hall–Kier alpha value is -7.22. The van der Waals surface area contributed by atoms with E-state index in [1.807, 2.05) is 65.6 Å². The maximum atomic E-state index is 9.45. The van der Waals surface area contributed by atoms with Crippen molar-refractivity contribution in [2.75, 3.05) is 4.90 Å². The van der Waals surface area contributed by atoms with E-state index in [0.29, 0.717) is 11.3 Å². The molecule has 0 saturated heterocycles. The van der Waals surface area contributed by atoms with Crippen LogP contribution in [0.4, 0.5) is 17.1 Å². The Kier molecular flexibility index (Phi) is 7.19. The normalized spacial score (nSPS) is 12.3. The van der Waals surface area contributed by atoms with Crippen LogP contribution in [-0.2, 0) is 0 Å². The minimum absolute atomic E-state index is 0.0867. The molecule has 0 aliphatic heterocycles. The van der Waals surface area contributed by atoms with Gasteiger partial charge >= 0.3 is 0 Å². The van der Waals surface area contributed by atoms with Gasteiger partial charge in [0, 0.05) is 17.1 Å². The molecule has 0 N–H and O–H groups in total. The van der Waals surface area contributed by atoms with E-state index in [0.717, 1.165) is 60.6 Å². The zero-order chi connectivity index (χ0) is 40.0. The summed E-state index contributed by atoms with van der Waals surface area (Å²) < 4.78 is 37.4. The molecular weight excluding hydrogens is 663 g/mol. The highest BCUT2D eigenvalue weighted by molar-refractivity contribution is 6.14. The van der Waals surface area contributed by atoms with E-state index in [1.54, 1.807) is 0 Å². The molecule has 0 aliphatic rings. The standard InChI is InChI=1S/C54H37N/c1-3-13-38(14-4-1)39-23-30-45(31-24-39)55(46-32-25-42(26-33-46)53-37-44-18-8-9-19-48(44)51-21-11-12-22-52(51)53)47-34-27-43(28-35-47)54-49-20-10-7-17-41(49)29-36-50(54)40-15-5-2-6-16-40/h1-37H/i23D,24D,30D,31D. The van der Waals surface area contributed by atoms with Gasteiger partial charge in [-0.2, -0.15) is 0 Å². The molecule has 55 heavy (non-hydrogen) atoms. The molecule has 0 atom stereocenters. The summed E-state index contributed by atoms with van der Waals surface area (Å²) in [7, 11) is 0. The van der Waals surface area contributed by atoms with Crippen LogP contribution in [0.15, 0.2) is 224 Å². The van der Waals surface area contributed by atoms with Gasteiger partial charge < -0.3 is 4.90 Å². The highest BCUT2D eigenvalue weighted by Gasteiger charge is 2.17. The molecule has 10 aromatic carbocycles. The summed E-state index contributed by atoms with van der Waals surface area (Å²) in [5.41, 5.74) is 9.09. The molecule has 0 aliphatic carbocycles. The summed E-state index contributed by atoms with van der Waals surface area (Å²) in [6.07, 6.45) is 0. The number of hydrogen-bond acceptors (Lipinski definition) is 1. The van der Waals surface area contributed by atoms with Gasteiger partial charge in [0.1, 0.15) is 0 Å². The first-order valence-corrected chi connectivity index (χ1v) is 18.6. The molecule has 0 heterocycles. The molecule has 0 bridgehead atoms. The van der Waals surface area contributed by atoms with Crippen molar-refractivity contribution in [3.8, 4) is 44.5 Å². The van der Waals surface area contributed by atoms with E-state index in [2.05, 4.69) is 140 Å². The molecule has 1 heteroatoms. The Morgan fingerprint density at radius 1 is 0.291 bits per heavy atom. The molecule has 0 unspecified atom stereocenters. The van der Waals surface area contributed by atoms with Crippen molar-refractivity contribution < 1.29 is 5.48 Å². The van der Waals surface area contributed by atoms with E-state index in [1.165, 1.54) is 10.8 Å². The second-order valence-corrected chi connectivity index (χ2v) is 13.8. The van der Waals surface area contributed by atoms with Gasteiger partial charge in [0.2, 0.25) is 0 Å². The van der Waals surface area contributed by atoms with Crippen LogP contribution < -0.4 is 4.90 Å². The number of fused-ring (bicyclic) bond motifs is 4. The third-order valence-corrected chi connectivity index (χ3v) is 10.5. The number of benzene rings is 10. The minimum atomic E-state index is -0.112. The summed E-state index contributed by atoms with van der Waals surface area (Å²) in [5, 5.41) is 7.01. The molecule has 10 rings (SSSR count). The zero-order valence-electron chi connectivity index (χ0n) is 34.0. The van der Waals surface area contributed by atoms with Gasteiger partial charge in [-0.25, -0.2) is 0 Å². The van der Waals surface area contributed by atoms with Crippen molar-refractivity contribution in [3.05, 3.63) is 224 Å². The lowest BCUT2D eigenvalue weighted by Crippen LogP contribution is -2.09. The Labute approximate surface area is 327 Å². The van der Waals surface area contributed by atoms with Crippen LogP contribution in [0.1, 0.15) is 5.48 Å². The van der Waals surface area contributed by atoms with E-state index in [-0.39, 0.29) is 35.4 Å². The SMILES string of the molecule is [2H]c1c([2H])c(N(c2ccc(-c3c(-c4ccccc4)ccc4ccccc34)cc2)c2ccc(-c3cc4ccccc4c4ccccc34)cc2)c([2H])c([2H])c1-c1ccccc1. The number of nitrogens with zero attached hydrogens (tertiary/aromatic N) is 1. The molecule has 0 amide bonds. The lowest BCUT2D eigenvalue weighted by atomic mass is 9.89. The van der Waals surface area contributed by atoms with Crippen molar-refractivity contribution >= 4 is 49.4 Å². The van der Waals surface area contributed by atoms with Crippen LogP contribution >= 0.6 is 0 Å². The Balaban J connectivity index is 1.15. The van der Waals surface area contributed by atoms with Gasteiger partial charge in [0.25, 0.3) is 0 Å². The lowest BCUT2D eigenvalue weighted by Gasteiger charge is -2.26. The molecule has 10 aromatic rings. The number of hydrogen-bond donors (Lipinski definition) is 0. The fraction of sp³-hybridized carbons (Fsp3) is 0. The lowest BCUT2D eigenvalue weighted by molar-refractivity contribution is 1.28. The van der Waals surface area contributed by atoms with Crippen molar-refractivity contribution in [3.63, 3.8) is 0 Å². The second kappa shape index (κ2) is 14.0. The van der Waals surface area contributed by atoms with Crippen molar-refractivity contribution in [1.29, 1.82) is 0 Å². The van der Waals surface area contributed by atoms with E-state index < -0.39 is 0 Å². The monoisotopic (exact) mass is 703 g/mol. The maximum absolute atomic E-state index is 9.45. The molecule has 1 nitrogen and oxygen atoms in total. The summed E-state index contributed by atoms with van der Waals surface area (Å²) in [6.45, 7) is 0. The minimum Gasteiger partial charge on any atom is -0.311 e. The van der Waals surface area contributed by atoms with Gasteiger partial charge in [-0.05, 0) is 119 Å². The van der Waals surface area contributed by atoms with Crippen LogP contribution in [0, 0.1) is 0 Å². The smallest absolute Gasteiger partial charge is 0.0645 e. The van der Waals surface area contributed by atoms with Crippen LogP contribution in [0.5, 0.6) is 0 Å².